The van der Waals surface area contributed by atoms with Gasteiger partial charge in [0, 0.05) is 18.0 Å². The van der Waals surface area contributed by atoms with Crippen LogP contribution >= 0.6 is 0 Å². The van der Waals surface area contributed by atoms with Crippen LogP contribution in [0.4, 0.5) is 0 Å². The van der Waals surface area contributed by atoms with Crippen LogP contribution in [0.25, 0.3) is 11.3 Å². The van der Waals surface area contributed by atoms with E-state index in [9.17, 15) is 0 Å². The molecule has 0 bridgehead atoms. The van der Waals surface area contributed by atoms with Crippen molar-refractivity contribution in [3.05, 3.63) is 47.9 Å². The minimum atomic E-state index is 0.810. The topological polar surface area (TPSA) is 25.8 Å². The van der Waals surface area contributed by atoms with Crippen molar-refractivity contribution in [1.82, 2.24) is 9.97 Å². The molecule has 0 aliphatic rings. The van der Waals surface area contributed by atoms with E-state index in [1.54, 1.807) is 12.4 Å². The van der Waals surface area contributed by atoms with Gasteiger partial charge in [0.05, 0.1) is 5.69 Å². The van der Waals surface area contributed by atoms with E-state index in [0.717, 1.165) is 11.3 Å². The van der Waals surface area contributed by atoms with Crippen LogP contribution in [-0.4, -0.2) is 9.97 Å². The van der Waals surface area contributed by atoms with E-state index in [0.29, 0.717) is 0 Å². The molecule has 0 amide bonds. The molecule has 0 aliphatic carbocycles. The van der Waals surface area contributed by atoms with Gasteiger partial charge >= 0.3 is 0 Å². The van der Waals surface area contributed by atoms with Gasteiger partial charge in [0.15, 0.2) is 0 Å². The first-order valence-electron chi connectivity index (χ1n) is 4.53. The number of benzene rings is 1. The molecular formula is C12H11N2. The Labute approximate surface area is 83.7 Å². The Morgan fingerprint density at radius 2 is 2.00 bits per heavy atom. The maximum absolute atomic E-state index is 4.22. The molecule has 1 aromatic carbocycles. The highest BCUT2D eigenvalue weighted by Gasteiger charge is 2.02. The van der Waals surface area contributed by atoms with Crippen molar-refractivity contribution in [2.24, 2.45) is 0 Å². The highest BCUT2D eigenvalue weighted by atomic mass is 14.8. The highest BCUT2D eigenvalue weighted by Crippen LogP contribution is 2.20. The van der Waals surface area contributed by atoms with Gasteiger partial charge in [-0.25, -0.2) is 0 Å². The first kappa shape index (κ1) is 8.88. The Morgan fingerprint density at radius 3 is 2.64 bits per heavy atom. The first-order valence-corrected chi connectivity index (χ1v) is 4.53. The molecule has 1 heterocycles. The summed E-state index contributed by atoms with van der Waals surface area (Å²) < 4.78 is 0. The lowest BCUT2D eigenvalue weighted by atomic mass is 10.0. The van der Waals surface area contributed by atoms with Gasteiger partial charge in [-0.1, -0.05) is 23.8 Å². The fraction of sp³-hybridized carbons (Fsp3) is 0.167. The van der Waals surface area contributed by atoms with E-state index in [1.165, 1.54) is 11.1 Å². The van der Waals surface area contributed by atoms with Gasteiger partial charge in [-0.3, -0.25) is 9.97 Å². The minimum absolute atomic E-state index is 0.810. The molecule has 14 heavy (non-hydrogen) atoms. The lowest BCUT2D eigenvalue weighted by Crippen LogP contribution is -1.88. The summed E-state index contributed by atoms with van der Waals surface area (Å²) in [5.74, 6) is 0. The van der Waals surface area contributed by atoms with E-state index in [4.69, 9.17) is 0 Å². The number of aromatic nitrogens is 2. The van der Waals surface area contributed by atoms with Crippen molar-refractivity contribution in [3.63, 3.8) is 0 Å². The van der Waals surface area contributed by atoms with E-state index in [-0.39, 0.29) is 0 Å². The molecule has 0 aliphatic heterocycles. The second-order valence-electron chi connectivity index (χ2n) is 3.34. The average Bonchev–Trinajstić information content (AvgIpc) is 2.19. The molecule has 0 unspecified atom stereocenters. The number of aryl methyl sites for hydroxylation is 2. The van der Waals surface area contributed by atoms with Crippen LogP contribution in [0.1, 0.15) is 11.1 Å². The maximum Gasteiger partial charge on any atom is 0.117 e. The van der Waals surface area contributed by atoms with E-state index >= 15 is 0 Å². The third kappa shape index (κ3) is 1.64. The van der Waals surface area contributed by atoms with Crippen molar-refractivity contribution in [2.45, 2.75) is 13.8 Å². The van der Waals surface area contributed by atoms with Gasteiger partial charge in [-0.15, -0.1) is 0 Å². The van der Waals surface area contributed by atoms with E-state index in [1.807, 2.05) is 0 Å². The smallest absolute Gasteiger partial charge is 0.117 e. The molecule has 0 fully saturated rings. The molecule has 0 saturated heterocycles. The fourth-order valence-electron chi connectivity index (χ4n) is 1.48. The first-order chi connectivity index (χ1) is 6.77. The average molecular weight is 183 g/mol. The normalized spacial score (nSPS) is 10.1. The van der Waals surface area contributed by atoms with Crippen molar-refractivity contribution >= 4 is 0 Å². The third-order valence-corrected chi connectivity index (χ3v) is 2.15. The summed E-state index contributed by atoms with van der Waals surface area (Å²) >= 11 is 0. The van der Waals surface area contributed by atoms with Crippen molar-refractivity contribution < 1.29 is 0 Å². The van der Waals surface area contributed by atoms with Crippen LogP contribution in [0, 0.1) is 20.0 Å². The standard InChI is InChI=1S/C12H11N2/c1-9-3-4-11(10(2)7-9)12-8-13-5-6-14-12/h3-7H,1-2H3. The number of nitrogens with zero attached hydrogens (tertiary/aromatic N) is 2. The quantitative estimate of drug-likeness (QED) is 0.679. The van der Waals surface area contributed by atoms with Crippen LogP contribution in [0.2, 0.25) is 0 Å². The summed E-state index contributed by atoms with van der Waals surface area (Å²) in [6.07, 6.45) is 6.20. The molecule has 69 valence electrons. The lowest BCUT2D eigenvalue weighted by Gasteiger charge is -2.04. The molecule has 2 nitrogen and oxygen atoms in total. The lowest BCUT2D eigenvalue weighted by molar-refractivity contribution is 1.19. The van der Waals surface area contributed by atoms with Crippen molar-refractivity contribution in [1.29, 1.82) is 0 Å². The highest BCUT2D eigenvalue weighted by molar-refractivity contribution is 5.62. The predicted octanol–water partition coefficient (Wildman–Crippen LogP) is 2.56. The van der Waals surface area contributed by atoms with Crippen LogP contribution < -0.4 is 0 Å². The Hall–Kier alpha value is -1.70. The summed E-state index contributed by atoms with van der Waals surface area (Å²) in [4.78, 5) is 8.16. The summed E-state index contributed by atoms with van der Waals surface area (Å²) in [7, 11) is 0. The van der Waals surface area contributed by atoms with Gasteiger partial charge in [0.2, 0.25) is 0 Å². The number of rotatable bonds is 1. The van der Waals surface area contributed by atoms with Crippen LogP contribution in [-0.2, 0) is 0 Å². The fourth-order valence-corrected chi connectivity index (χ4v) is 1.48. The largest absolute Gasteiger partial charge is 0.252 e. The number of hydrogen-bond acceptors (Lipinski definition) is 2. The molecule has 2 rings (SSSR count). The van der Waals surface area contributed by atoms with Crippen LogP contribution in [0.3, 0.4) is 0 Å². The summed E-state index contributed by atoms with van der Waals surface area (Å²) in [5.41, 5.74) is 4.38. The molecule has 0 atom stereocenters. The SMILES string of the molecule is Cc1ccc(-c2[c]nccn2)c(C)c1. The maximum atomic E-state index is 4.22. The van der Waals surface area contributed by atoms with Gasteiger partial charge in [-0.2, -0.15) is 0 Å². The molecule has 1 aromatic heterocycles. The molecule has 0 spiro atoms. The predicted molar refractivity (Wildman–Crippen MR) is 55.8 cm³/mol. The summed E-state index contributed by atoms with van der Waals surface area (Å²) in [6.45, 7) is 4.15. The summed E-state index contributed by atoms with van der Waals surface area (Å²) in [6, 6.07) is 6.27. The number of hydrogen-bond donors (Lipinski definition) is 0. The van der Waals surface area contributed by atoms with Crippen molar-refractivity contribution in [2.75, 3.05) is 0 Å². The molecule has 0 saturated carbocycles. The Morgan fingerprint density at radius 1 is 1.14 bits per heavy atom. The zero-order chi connectivity index (χ0) is 9.97. The molecule has 0 N–H and O–H groups in total. The zero-order valence-corrected chi connectivity index (χ0v) is 8.28. The van der Waals surface area contributed by atoms with Crippen LogP contribution in [0.15, 0.2) is 30.6 Å². The second-order valence-corrected chi connectivity index (χ2v) is 3.34. The van der Waals surface area contributed by atoms with Gasteiger partial charge in [0.25, 0.3) is 0 Å². The van der Waals surface area contributed by atoms with E-state index < -0.39 is 0 Å². The zero-order valence-electron chi connectivity index (χ0n) is 8.28. The Kier molecular flexibility index (Phi) is 2.27. The Bertz CT molecular complexity index is 435. The summed E-state index contributed by atoms with van der Waals surface area (Å²) in [5, 5.41) is 0. The van der Waals surface area contributed by atoms with Gasteiger partial charge in [0.1, 0.15) is 6.20 Å². The van der Waals surface area contributed by atoms with Crippen LogP contribution in [0.5, 0.6) is 0 Å². The van der Waals surface area contributed by atoms with Gasteiger partial charge in [-0.05, 0) is 19.4 Å². The minimum Gasteiger partial charge on any atom is -0.252 e. The van der Waals surface area contributed by atoms with Gasteiger partial charge < -0.3 is 0 Å². The van der Waals surface area contributed by atoms with Crippen molar-refractivity contribution in [3.8, 4) is 11.3 Å². The monoisotopic (exact) mass is 183 g/mol. The Balaban J connectivity index is 2.53. The van der Waals surface area contributed by atoms with E-state index in [2.05, 4.69) is 48.2 Å². The second kappa shape index (κ2) is 3.58. The molecule has 1 radical (unpaired) electrons. The molecular weight excluding hydrogens is 172 g/mol. The third-order valence-electron chi connectivity index (χ3n) is 2.15. The molecule has 2 heteroatoms. The molecule has 2 aromatic rings.